The number of hydrogen-bond acceptors (Lipinski definition) is 5. The van der Waals surface area contributed by atoms with E-state index in [1.807, 2.05) is 0 Å². The van der Waals surface area contributed by atoms with E-state index in [9.17, 15) is 24.0 Å². The third-order valence-electron chi connectivity index (χ3n) is 1.48. The zero-order valence-corrected chi connectivity index (χ0v) is 13.1. The fraction of sp³-hybridized carbons (Fsp3) is 0.545. The fourth-order valence-corrected chi connectivity index (χ4v) is 0.731. The molecule has 5 N–H and O–H groups in total. The first-order chi connectivity index (χ1) is 9.93. The summed E-state index contributed by atoms with van der Waals surface area (Å²) in [6.07, 6.45) is -0.764. The van der Waals surface area contributed by atoms with Crippen LogP contribution in [0.4, 0.5) is 0 Å². The first-order valence-corrected chi connectivity index (χ1v) is 6.59. The number of aliphatic carboxylic acids is 5. The molecule has 0 rings (SSSR count). The van der Waals surface area contributed by atoms with Gasteiger partial charge >= 0.3 is 29.8 Å². The minimum atomic E-state index is -1.16. The van der Waals surface area contributed by atoms with Gasteiger partial charge in [0.25, 0.3) is 0 Å². The van der Waals surface area contributed by atoms with Crippen LogP contribution in [0.3, 0.4) is 0 Å². The zero-order chi connectivity index (χ0) is 18.3. The molecule has 0 bridgehead atoms. The van der Waals surface area contributed by atoms with Gasteiger partial charge in [0.1, 0.15) is 4.83 Å². The van der Waals surface area contributed by atoms with Crippen molar-refractivity contribution >= 4 is 45.8 Å². The SMILES string of the molecule is CCC(=O)O.O=C(O)CC(Br)C(=O)O.O=C(O)CCC(=O)O. The maximum absolute atomic E-state index is 9.92. The average Bonchev–Trinajstić information content (AvgIpc) is 2.36. The van der Waals surface area contributed by atoms with E-state index >= 15 is 0 Å². The number of alkyl halides is 1. The van der Waals surface area contributed by atoms with E-state index in [-0.39, 0.29) is 19.3 Å². The predicted octanol–water partition coefficient (Wildman–Crippen LogP) is 0.726. The lowest BCUT2D eigenvalue weighted by Crippen LogP contribution is -2.16. The van der Waals surface area contributed by atoms with Crippen LogP contribution in [-0.4, -0.2) is 60.2 Å². The molecule has 0 aliphatic heterocycles. The van der Waals surface area contributed by atoms with Crippen LogP contribution in [-0.2, 0) is 24.0 Å². The molecule has 11 heteroatoms. The topological polar surface area (TPSA) is 186 Å². The van der Waals surface area contributed by atoms with E-state index in [2.05, 4.69) is 15.9 Å². The van der Waals surface area contributed by atoms with Gasteiger partial charge in [-0.2, -0.15) is 0 Å². The summed E-state index contributed by atoms with van der Waals surface area (Å²) < 4.78 is 0. The van der Waals surface area contributed by atoms with Gasteiger partial charge in [0.05, 0.1) is 19.3 Å². The van der Waals surface area contributed by atoms with E-state index in [0.717, 1.165) is 0 Å². The lowest BCUT2D eigenvalue weighted by Gasteiger charge is -1.96. The Morgan fingerprint density at radius 2 is 1.09 bits per heavy atom. The molecule has 0 fully saturated rings. The molecule has 0 heterocycles. The molecule has 10 nitrogen and oxygen atoms in total. The van der Waals surface area contributed by atoms with Gasteiger partial charge in [0, 0.05) is 6.42 Å². The van der Waals surface area contributed by atoms with Crippen LogP contribution < -0.4 is 0 Å². The Labute approximate surface area is 133 Å². The van der Waals surface area contributed by atoms with Crippen molar-refractivity contribution in [2.24, 2.45) is 0 Å². The Morgan fingerprint density at radius 3 is 1.18 bits per heavy atom. The molecule has 0 radical (unpaired) electrons. The highest BCUT2D eigenvalue weighted by Crippen LogP contribution is 2.03. The van der Waals surface area contributed by atoms with Crippen molar-refractivity contribution in [3.63, 3.8) is 0 Å². The summed E-state index contributed by atoms with van der Waals surface area (Å²) in [7, 11) is 0. The van der Waals surface area contributed by atoms with Crippen molar-refractivity contribution in [1.82, 2.24) is 0 Å². The summed E-state index contributed by atoms with van der Waals surface area (Å²) in [4.78, 5) is 47.4. The standard InChI is InChI=1S/C4H5BrO4.C4H6O4.C3H6O2/c5-2(4(8)9)1-3(6)7;5-3(6)1-2-4(7)8;1-2-3(4)5/h2H,1H2,(H,6,7)(H,8,9);1-2H2,(H,5,6)(H,7,8);2H2,1H3,(H,4,5). The van der Waals surface area contributed by atoms with Gasteiger partial charge in [-0.1, -0.05) is 22.9 Å². The maximum atomic E-state index is 9.92. The fourth-order valence-electron chi connectivity index (χ4n) is 0.454. The molecule has 0 aliphatic rings. The Morgan fingerprint density at radius 1 is 0.773 bits per heavy atom. The molecule has 0 saturated carbocycles. The van der Waals surface area contributed by atoms with Gasteiger partial charge in [-0.25, -0.2) is 0 Å². The second-order valence-corrected chi connectivity index (χ2v) is 4.54. The molecule has 0 aliphatic carbocycles. The number of carboxylic acid groups (broad SMARTS) is 5. The molecule has 0 saturated heterocycles. The van der Waals surface area contributed by atoms with Crippen molar-refractivity contribution in [2.45, 2.75) is 37.4 Å². The van der Waals surface area contributed by atoms with Crippen LogP contribution in [0.25, 0.3) is 0 Å². The largest absolute Gasteiger partial charge is 0.481 e. The third-order valence-corrected chi connectivity index (χ3v) is 2.19. The number of carboxylic acids is 5. The van der Waals surface area contributed by atoms with Crippen LogP contribution in [0.2, 0.25) is 0 Å². The Kier molecular flexibility index (Phi) is 17.2. The third kappa shape index (κ3) is 30.7. The molecular weight excluding hydrogens is 372 g/mol. The molecule has 22 heavy (non-hydrogen) atoms. The molecule has 1 atom stereocenters. The lowest BCUT2D eigenvalue weighted by molar-refractivity contribution is -0.143. The van der Waals surface area contributed by atoms with Crippen molar-refractivity contribution in [1.29, 1.82) is 0 Å². The lowest BCUT2D eigenvalue weighted by atomic mass is 10.3. The Bertz CT molecular complexity index is 378. The van der Waals surface area contributed by atoms with E-state index in [4.69, 9.17) is 25.5 Å². The molecule has 0 aromatic heterocycles. The van der Waals surface area contributed by atoms with Gasteiger partial charge < -0.3 is 25.5 Å². The van der Waals surface area contributed by atoms with Gasteiger partial charge in [-0.15, -0.1) is 0 Å². The maximum Gasteiger partial charge on any atom is 0.317 e. The van der Waals surface area contributed by atoms with Crippen LogP contribution in [0, 0.1) is 0 Å². The van der Waals surface area contributed by atoms with Gasteiger partial charge in [0.15, 0.2) is 0 Å². The Hall–Kier alpha value is -2.17. The minimum Gasteiger partial charge on any atom is -0.481 e. The summed E-state index contributed by atoms with van der Waals surface area (Å²) >= 11 is 2.66. The number of hydrogen-bond donors (Lipinski definition) is 5. The number of carbonyl (C=O) groups is 5. The molecular formula is C11H17BrO10. The molecule has 0 aromatic carbocycles. The highest BCUT2D eigenvalue weighted by molar-refractivity contribution is 9.10. The monoisotopic (exact) mass is 388 g/mol. The van der Waals surface area contributed by atoms with Gasteiger partial charge in [-0.3, -0.25) is 24.0 Å². The zero-order valence-electron chi connectivity index (χ0n) is 11.6. The number of rotatable bonds is 7. The Balaban J connectivity index is -0.000000257. The first kappa shape index (κ1) is 24.8. The smallest absolute Gasteiger partial charge is 0.317 e. The average molecular weight is 389 g/mol. The minimum absolute atomic E-state index is 0.222. The molecule has 0 amide bonds. The summed E-state index contributed by atoms with van der Waals surface area (Å²) in [5.41, 5.74) is 0. The second kappa shape index (κ2) is 15.2. The summed E-state index contributed by atoms with van der Waals surface area (Å²) in [5, 5.41) is 39.7. The van der Waals surface area contributed by atoms with Gasteiger partial charge in [-0.05, 0) is 0 Å². The first-order valence-electron chi connectivity index (χ1n) is 5.68. The molecule has 128 valence electrons. The van der Waals surface area contributed by atoms with Crippen molar-refractivity contribution in [3.8, 4) is 0 Å². The van der Waals surface area contributed by atoms with Crippen LogP contribution in [0.15, 0.2) is 0 Å². The van der Waals surface area contributed by atoms with E-state index < -0.39 is 41.1 Å². The van der Waals surface area contributed by atoms with E-state index in [0.29, 0.717) is 0 Å². The van der Waals surface area contributed by atoms with Crippen LogP contribution >= 0.6 is 15.9 Å². The van der Waals surface area contributed by atoms with Crippen LogP contribution in [0.1, 0.15) is 32.6 Å². The second-order valence-electron chi connectivity index (χ2n) is 3.44. The highest BCUT2D eigenvalue weighted by Gasteiger charge is 2.16. The van der Waals surface area contributed by atoms with Gasteiger partial charge in [0.2, 0.25) is 0 Å². The normalized spacial score (nSPS) is 9.91. The summed E-state index contributed by atoms with van der Waals surface area (Å²) in [6.45, 7) is 1.60. The van der Waals surface area contributed by atoms with Crippen molar-refractivity contribution in [2.75, 3.05) is 0 Å². The molecule has 0 aromatic rings. The van der Waals surface area contributed by atoms with Crippen molar-refractivity contribution < 1.29 is 49.5 Å². The quantitative estimate of drug-likeness (QED) is 0.388. The predicted molar refractivity (Wildman–Crippen MR) is 75.0 cm³/mol. The molecule has 0 spiro atoms. The van der Waals surface area contributed by atoms with Crippen molar-refractivity contribution in [3.05, 3.63) is 0 Å². The summed E-state index contributed by atoms with van der Waals surface area (Å²) in [5.74, 6) is -5.18. The van der Waals surface area contributed by atoms with E-state index in [1.54, 1.807) is 6.92 Å². The van der Waals surface area contributed by atoms with E-state index in [1.165, 1.54) is 0 Å². The van der Waals surface area contributed by atoms with Crippen LogP contribution in [0.5, 0.6) is 0 Å². The number of halogens is 1. The summed E-state index contributed by atoms with van der Waals surface area (Å²) in [6, 6.07) is 0. The molecule has 1 unspecified atom stereocenters. The highest BCUT2D eigenvalue weighted by atomic mass is 79.9.